The summed E-state index contributed by atoms with van der Waals surface area (Å²) in [5.74, 6) is -1.82. The van der Waals surface area contributed by atoms with E-state index >= 15 is 0 Å². The first kappa shape index (κ1) is 18.2. The molecule has 1 amide bonds. The second kappa shape index (κ2) is 6.78. The fourth-order valence-corrected chi connectivity index (χ4v) is 4.08. The molecule has 1 aromatic rings. The topological polar surface area (TPSA) is 104 Å². The number of rotatable bonds is 5. The quantitative estimate of drug-likeness (QED) is 0.823. The standard InChI is InChI=1S/C15H20N2O6S/c1-16(2)14(18)12-8-11(4-5-13(12)23-3)24(21,22)17-7-6-10(9-17)15(19)20/h4-5,8,10H,6-7,9H2,1-3H3,(H,19,20). The summed E-state index contributed by atoms with van der Waals surface area (Å²) in [5, 5.41) is 9.03. The molecule has 1 aliphatic heterocycles. The van der Waals surface area contributed by atoms with Crippen LogP contribution in [0, 0.1) is 5.92 Å². The van der Waals surface area contributed by atoms with Gasteiger partial charge in [0.05, 0.1) is 23.5 Å². The molecule has 1 N–H and O–H groups in total. The van der Waals surface area contributed by atoms with Gasteiger partial charge in [0.1, 0.15) is 5.75 Å². The predicted molar refractivity (Wildman–Crippen MR) is 85.5 cm³/mol. The number of carbonyl (C=O) groups excluding carboxylic acids is 1. The molecule has 1 saturated heterocycles. The number of amides is 1. The van der Waals surface area contributed by atoms with Gasteiger partial charge in [-0.15, -0.1) is 0 Å². The van der Waals surface area contributed by atoms with Crippen LogP contribution in [0.1, 0.15) is 16.8 Å². The van der Waals surface area contributed by atoms with Crippen LogP contribution in [0.3, 0.4) is 0 Å². The Labute approximate surface area is 140 Å². The van der Waals surface area contributed by atoms with Crippen LogP contribution in [0.4, 0.5) is 0 Å². The van der Waals surface area contributed by atoms with Gasteiger partial charge in [-0.1, -0.05) is 0 Å². The molecular weight excluding hydrogens is 336 g/mol. The average Bonchev–Trinajstić information content (AvgIpc) is 3.04. The van der Waals surface area contributed by atoms with Crippen molar-refractivity contribution < 1.29 is 27.9 Å². The Bertz CT molecular complexity index is 759. The number of carboxylic acid groups (broad SMARTS) is 1. The minimum Gasteiger partial charge on any atom is -0.496 e. The Hall–Kier alpha value is -2.13. The van der Waals surface area contributed by atoms with Crippen molar-refractivity contribution >= 4 is 21.9 Å². The number of carboxylic acids is 1. The number of aliphatic carboxylic acids is 1. The maximum Gasteiger partial charge on any atom is 0.307 e. The highest BCUT2D eigenvalue weighted by molar-refractivity contribution is 7.89. The Morgan fingerprint density at radius 2 is 2.00 bits per heavy atom. The molecule has 1 aliphatic rings. The number of benzene rings is 1. The lowest BCUT2D eigenvalue weighted by Crippen LogP contribution is -2.30. The van der Waals surface area contributed by atoms with Crippen LogP contribution in [0.2, 0.25) is 0 Å². The Kier molecular flexibility index (Phi) is 5.14. The van der Waals surface area contributed by atoms with Crippen molar-refractivity contribution in [2.75, 3.05) is 34.3 Å². The van der Waals surface area contributed by atoms with Crippen molar-refractivity contribution in [1.29, 1.82) is 0 Å². The number of sulfonamides is 1. The average molecular weight is 356 g/mol. The van der Waals surface area contributed by atoms with E-state index < -0.39 is 21.9 Å². The minimum absolute atomic E-state index is 0.0560. The summed E-state index contributed by atoms with van der Waals surface area (Å²) in [6, 6.07) is 4.05. The summed E-state index contributed by atoms with van der Waals surface area (Å²) in [6.45, 7) is 0.0724. The molecule has 1 aromatic carbocycles. The number of nitrogens with zero attached hydrogens (tertiary/aromatic N) is 2. The van der Waals surface area contributed by atoms with E-state index in [0.717, 1.165) is 4.31 Å². The zero-order chi connectivity index (χ0) is 18.1. The molecule has 24 heavy (non-hydrogen) atoms. The summed E-state index contributed by atoms with van der Waals surface area (Å²) >= 11 is 0. The van der Waals surface area contributed by atoms with Crippen LogP contribution < -0.4 is 4.74 Å². The van der Waals surface area contributed by atoms with Crippen LogP contribution in [0.5, 0.6) is 5.75 Å². The van der Waals surface area contributed by atoms with Crippen molar-refractivity contribution in [3.8, 4) is 5.75 Å². The largest absolute Gasteiger partial charge is 0.496 e. The third kappa shape index (κ3) is 3.36. The lowest BCUT2D eigenvalue weighted by Gasteiger charge is -2.18. The maximum atomic E-state index is 12.7. The molecule has 1 heterocycles. The van der Waals surface area contributed by atoms with E-state index in [-0.39, 0.29) is 41.6 Å². The number of hydrogen-bond donors (Lipinski definition) is 1. The molecule has 0 saturated carbocycles. The van der Waals surface area contributed by atoms with E-state index in [1.165, 1.54) is 30.2 Å². The predicted octanol–water partition coefficient (Wildman–Crippen LogP) is 0.492. The number of hydrogen-bond acceptors (Lipinski definition) is 5. The monoisotopic (exact) mass is 356 g/mol. The molecule has 1 fully saturated rings. The first-order chi connectivity index (χ1) is 11.2. The van der Waals surface area contributed by atoms with E-state index in [2.05, 4.69) is 0 Å². The molecule has 0 aromatic heterocycles. The van der Waals surface area contributed by atoms with E-state index in [1.54, 1.807) is 14.1 Å². The van der Waals surface area contributed by atoms with E-state index in [1.807, 2.05) is 0 Å². The molecule has 132 valence electrons. The number of methoxy groups -OCH3 is 1. The molecule has 1 unspecified atom stereocenters. The number of ether oxygens (including phenoxy) is 1. The first-order valence-electron chi connectivity index (χ1n) is 7.31. The van der Waals surface area contributed by atoms with Crippen LogP contribution in [0.25, 0.3) is 0 Å². The molecule has 0 radical (unpaired) electrons. The highest BCUT2D eigenvalue weighted by atomic mass is 32.2. The van der Waals surface area contributed by atoms with Gasteiger partial charge in [0.25, 0.3) is 5.91 Å². The highest BCUT2D eigenvalue weighted by Gasteiger charge is 2.36. The van der Waals surface area contributed by atoms with Gasteiger partial charge < -0.3 is 14.7 Å². The minimum atomic E-state index is -3.87. The van der Waals surface area contributed by atoms with Crippen molar-refractivity contribution in [1.82, 2.24) is 9.21 Å². The SMILES string of the molecule is COc1ccc(S(=O)(=O)N2CCC(C(=O)O)C2)cc1C(=O)N(C)C. The Morgan fingerprint density at radius 1 is 1.33 bits per heavy atom. The van der Waals surface area contributed by atoms with Gasteiger partial charge in [-0.3, -0.25) is 9.59 Å². The fraction of sp³-hybridized carbons (Fsp3) is 0.467. The third-order valence-electron chi connectivity index (χ3n) is 3.95. The van der Waals surface area contributed by atoms with Crippen molar-refractivity contribution in [2.45, 2.75) is 11.3 Å². The Morgan fingerprint density at radius 3 is 2.50 bits per heavy atom. The summed E-state index contributed by atoms with van der Waals surface area (Å²) in [5.41, 5.74) is 0.137. The highest BCUT2D eigenvalue weighted by Crippen LogP contribution is 2.28. The van der Waals surface area contributed by atoms with Crippen molar-refractivity contribution in [2.24, 2.45) is 5.92 Å². The fourth-order valence-electron chi connectivity index (χ4n) is 2.55. The lowest BCUT2D eigenvalue weighted by molar-refractivity contribution is -0.141. The lowest BCUT2D eigenvalue weighted by atomic mass is 10.1. The second-order valence-electron chi connectivity index (χ2n) is 5.75. The van der Waals surface area contributed by atoms with E-state index in [4.69, 9.17) is 9.84 Å². The smallest absolute Gasteiger partial charge is 0.307 e. The molecule has 2 rings (SSSR count). The maximum absolute atomic E-state index is 12.7. The molecule has 8 nitrogen and oxygen atoms in total. The van der Waals surface area contributed by atoms with E-state index in [0.29, 0.717) is 0 Å². The van der Waals surface area contributed by atoms with Crippen LogP contribution in [-0.2, 0) is 14.8 Å². The normalized spacial score (nSPS) is 18.4. The van der Waals surface area contributed by atoms with E-state index in [9.17, 15) is 18.0 Å². The Balaban J connectivity index is 2.39. The zero-order valence-electron chi connectivity index (χ0n) is 13.7. The van der Waals surface area contributed by atoms with Gasteiger partial charge >= 0.3 is 5.97 Å². The molecular formula is C15H20N2O6S. The summed E-state index contributed by atoms with van der Waals surface area (Å²) in [4.78, 5) is 24.5. The second-order valence-corrected chi connectivity index (χ2v) is 7.69. The summed E-state index contributed by atoms with van der Waals surface area (Å²) < 4.78 is 31.7. The molecule has 0 aliphatic carbocycles. The molecule has 9 heteroatoms. The van der Waals surface area contributed by atoms with Crippen molar-refractivity contribution in [3.05, 3.63) is 23.8 Å². The summed E-state index contributed by atoms with van der Waals surface area (Å²) in [7, 11) is 0.641. The molecule has 1 atom stereocenters. The van der Waals surface area contributed by atoms with Crippen LogP contribution >= 0.6 is 0 Å². The van der Waals surface area contributed by atoms with Gasteiger partial charge in [-0.25, -0.2) is 8.42 Å². The van der Waals surface area contributed by atoms with Gasteiger partial charge in [0.2, 0.25) is 10.0 Å². The van der Waals surface area contributed by atoms with Gasteiger partial charge in [-0.05, 0) is 24.6 Å². The third-order valence-corrected chi connectivity index (χ3v) is 5.81. The van der Waals surface area contributed by atoms with Crippen molar-refractivity contribution in [3.63, 3.8) is 0 Å². The van der Waals surface area contributed by atoms with Gasteiger partial charge in [-0.2, -0.15) is 4.31 Å². The zero-order valence-corrected chi connectivity index (χ0v) is 14.5. The van der Waals surface area contributed by atoms with Gasteiger partial charge in [0, 0.05) is 27.2 Å². The van der Waals surface area contributed by atoms with Crippen LogP contribution in [0.15, 0.2) is 23.1 Å². The van der Waals surface area contributed by atoms with Crippen LogP contribution in [-0.4, -0.2) is 68.9 Å². The molecule has 0 bridgehead atoms. The molecule has 0 spiro atoms. The summed E-state index contributed by atoms with van der Waals surface area (Å²) in [6.07, 6.45) is 0.272. The first-order valence-corrected chi connectivity index (χ1v) is 8.75. The number of carbonyl (C=O) groups is 2. The van der Waals surface area contributed by atoms with Gasteiger partial charge in [0.15, 0.2) is 0 Å².